The molecule has 2 fully saturated rings. The Bertz CT molecular complexity index is 558. The van der Waals surface area contributed by atoms with Gasteiger partial charge in [0.05, 0.1) is 0 Å². The van der Waals surface area contributed by atoms with Gasteiger partial charge in [-0.05, 0) is 49.9 Å². The topological polar surface area (TPSA) is 61.4 Å². The highest BCUT2D eigenvalue weighted by atomic mass is 16.2. The zero-order valence-electron chi connectivity index (χ0n) is 13.1. The number of hydrogen-bond donors (Lipinski definition) is 2. The van der Waals surface area contributed by atoms with Gasteiger partial charge in [-0.1, -0.05) is 0 Å². The molecule has 5 nitrogen and oxygen atoms in total. The largest absolute Gasteiger partial charge is 0.339 e. The van der Waals surface area contributed by atoms with Crippen LogP contribution in [0.5, 0.6) is 0 Å². The highest BCUT2D eigenvalue weighted by Crippen LogP contribution is 2.29. The van der Waals surface area contributed by atoms with Gasteiger partial charge in [0.25, 0.3) is 5.91 Å². The Kier molecular flexibility index (Phi) is 4.16. The van der Waals surface area contributed by atoms with Crippen molar-refractivity contribution in [2.45, 2.75) is 50.7 Å². The number of benzene rings is 1. The first-order valence-corrected chi connectivity index (χ1v) is 7.94. The van der Waals surface area contributed by atoms with E-state index in [4.69, 9.17) is 0 Å². The van der Waals surface area contributed by atoms with Gasteiger partial charge in [0.2, 0.25) is 5.91 Å². The zero-order chi connectivity index (χ0) is 15.7. The Morgan fingerprint density at radius 3 is 2.27 bits per heavy atom. The maximum absolute atomic E-state index is 12.6. The molecule has 118 valence electrons. The molecule has 3 rings (SSSR count). The van der Waals surface area contributed by atoms with Gasteiger partial charge in [-0.3, -0.25) is 9.59 Å². The first kappa shape index (κ1) is 15.0. The molecule has 2 saturated heterocycles. The van der Waals surface area contributed by atoms with E-state index < -0.39 is 0 Å². The van der Waals surface area contributed by atoms with Crippen molar-refractivity contribution in [3.05, 3.63) is 29.8 Å². The van der Waals surface area contributed by atoms with Gasteiger partial charge in [-0.2, -0.15) is 0 Å². The first-order valence-electron chi connectivity index (χ1n) is 7.94. The van der Waals surface area contributed by atoms with Crippen LogP contribution in [0, 0.1) is 0 Å². The van der Waals surface area contributed by atoms with E-state index in [-0.39, 0.29) is 11.8 Å². The molecule has 2 aliphatic heterocycles. The molecule has 22 heavy (non-hydrogen) atoms. The van der Waals surface area contributed by atoms with Gasteiger partial charge < -0.3 is 15.5 Å². The number of carbonyl (C=O) groups is 2. The lowest BCUT2D eigenvalue weighted by molar-refractivity contribution is -0.114. The van der Waals surface area contributed by atoms with Crippen LogP contribution in [0.25, 0.3) is 0 Å². The van der Waals surface area contributed by atoms with Gasteiger partial charge in [-0.25, -0.2) is 0 Å². The first-order chi connectivity index (χ1) is 10.5. The SMILES string of the molecule is CC(=O)Nc1ccc(C(=O)N(C)C2CC3CCC(C2)N3)cc1. The number of amides is 2. The Balaban J connectivity index is 1.66. The van der Waals surface area contributed by atoms with Crippen LogP contribution in [0.15, 0.2) is 24.3 Å². The molecule has 2 bridgehead atoms. The van der Waals surface area contributed by atoms with E-state index in [2.05, 4.69) is 10.6 Å². The Labute approximate surface area is 131 Å². The minimum Gasteiger partial charge on any atom is -0.339 e. The standard InChI is InChI=1S/C17H23N3O2/c1-11(21)18-13-5-3-12(4-6-13)17(22)20(2)16-9-14-7-8-15(10-16)19-14/h3-6,14-16,19H,7-10H2,1-2H3,(H,18,21). The fraction of sp³-hybridized carbons (Fsp3) is 0.529. The van der Waals surface area contributed by atoms with Gasteiger partial charge in [0.15, 0.2) is 0 Å². The van der Waals surface area contributed by atoms with Gasteiger partial charge in [-0.15, -0.1) is 0 Å². The lowest BCUT2D eigenvalue weighted by Gasteiger charge is -2.35. The highest BCUT2D eigenvalue weighted by molar-refractivity contribution is 5.95. The third-order valence-corrected chi connectivity index (χ3v) is 4.77. The second-order valence-corrected chi connectivity index (χ2v) is 6.44. The third-order valence-electron chi connectivity index (χ3n) is 4.77. The molecule has 1 aromatic carbocycles. The average molecular weight is 301 g/mol. The van der Waals surface area contributed by atoms with Crippen LogP contribution in [0.3, 0.4) is 0 Å². The maximum atomic E-state index is 12.6. The fourth-order valence-corrected chi connectivity index (χ4v) is 3.61. The van der Waals surface area contributed by atoms with Crippen LogP contribution < -0.4 is 10.6 Å². The number of anilines is 1. The molecular weight excluding hydrogens is 278 g/mol. The molecule has 1 aromatic rings. The van der Waals surface area contributed by atoms with Crippen LogP contribution >= 0.6 is 0 Å². The summed E-state index contributed by atoms with van der Waals surface area (Å²) in [6, 6.07) is 8.56. The minimum absolute atomic E-state index is 0.0562. The van der Waals surface area contributed by atoms with Crippen LogP contribution in [0.4, 0.5) is 5.69 Å². The van der Waals surface area contributed by atoms with Crippen molar-refractivity contribution in [1.82, 2.24) is 10.2 Å². The number of hydrogen-bond acceptors (Lipinski definition) is 3. The molecular formula is C17H23N3O2. The molecule has 2 unspecified atom stereocenters. The van der Waals surface area contributed by atoms with Crippen LogP contribution in [0.1, 0.15) is 43.0 Å². The number of piperidine rings is 1. The summed E-state index contributed by atoms with van der Waals surface area (Å²) < 4.78 is 0. The van der Waals surface area contributed by atoms with Crippen molar-refractivity contribution in [3.8, 4) is 0 Å². The molecule has 2 heterocycles. The van der Waals surface area contributed by atoms with E-state index in [1.165, 1.54) is 19.8 Å². The quantitative estimate of drug-likeness (QED) is 0.897. The van der Waals surface area contributed by atoms with E-state index in [0.29, 0.717) is 29.4 Å². The number of carbonyl (C=O) groups excluding carboxylic acids is 2. The van der Waals surface area contributed by atoms with Gasteiger partial charge in [0, 0.05) is 43.3 Å². The minimum atomic E-state index is -0.110. The van der Waals surface area contributed by atoms with E-state index in [0.717, 1.165) is 12.8 Å². The average Bonchev–Trinajstić information content (AvgIpc) is 2.84. The molecule has 0 saturated carbocycles. The highest BCUT2D eigenvalue weighted by Gasteiger charge is 2.36. The van der Waals surface area contributed by atoms with Crippen molar-refractivity contribution < 1.29 is 9.59 Å². The molecule has 2 aliphatic rings. The summed E-state index contributed by atoms with van der Waals surface area (Å²) in [7, 11) is 1.90. The third kappa shape index (κ3) is 3.14. The number of fused-ring (bicyclic) bond motifs is 2. The number of rotatable bonds is 3. The Hall–Kier alpha value is -1.88. The van der Waals surface area contributed by atoms with Crippen molar-refractivity contribution >= 4 is 17.5 Å². The van der Waals surface area contributed by atoms with E-state index in [1.807, 2.05) is 11.9 Å². The molecule has 0 radical (unpaired) electrons. The van der Waals surface area contributed by atoms with Crippen molar-refractivity contribution in [2.75, 3.05) is 12.4 Å². The lowest BCUT2D eigenvalue weighted by Crippen LogP contribution is -2.48. The lowest BCUT2D eigenvalue weighted by atomic mass is 9.98. The van der Waals surface area contributed by atoms with Crippen LogP contribution in [-0.4, -0.2) is 41.9 Å². The summed E-state index contributed by atoms with van der Waals surface area (Å²) in [5.74, 6) is -0.0537. The fourth-order valence-electron chi connectivity index (χ4n) is 3.61. The summed E-state index contributed by atoms with van der Waals surface area (Å²) in [5.41, 5.74) is 1.38. The van der Waals surface area contributed by atoms with E-state index in [9.17, 15) is 9.59 Å². The van der Waals surface area contributed by atoms with Crippen molar-refractivity contribution in [3.63, 3.8) is 0 Å². The van der Waals surface area contributed by atoms with Crippen molar-refractivity contribution in [2.24, 2.45) is 0 Å². The molecule has 2 N–H and O–H groups in total. The second-order valence-electron chi connectivity index (χ2n) is 6.44. The molecule has 0 aliphatic carbocycles. The smallest absolute Gasteiger partial charge is 0.253 e. The Morgan fingerprint density at radius 2 is 1.73 bits per heavy atom. The summed E-state index contributed by atoms with van der Waals surface area (Å²) >= 11 is 0. The summed E-state index contributed by atoms with van der Waals surface area (Å²) in [6.07, 6.45) is 4.55. The second kappa shape index (κ2) is 6.08. The van der Waals surface area contributed by atoms with Crippen LogP contribution in [-0.2, 0) is 4.79 Å². The van der Waals surface area contributed by atoms with Crippen molar-refractivity contribution in [1.29, 1.82) is 0 Å². The molecule has 0 spiro atoms. The number of nitrogens with one attached hydrogen (secondary N) is 2. The summed E-state index contributed by atoms with van der Waals surface area (Å²) in [5, 5.41) is 6.31. The van der Waals surface area contributed by atoms with E-state index >= 15 is 0 Å². The van der Waals surface area contributed by atoms with Gasteiger partial charge in [0.1, 0.15) is 0 Å². The van der Waals surface area contributed by atoms with Gasteiger partial charge >= 0.3 is 0 Å². The molecule has 5 heteroatoms. The predicted octanol–water partition coefficient (Wildman–Crippen LogP) is 2.00. The maximum Gasteiger partial charge on any atom is 0.253 e. The Morgan fingerprint density at radius 1 is 1.14 bits per heavy atom. The summed E-state index contributed by atoms with van der Waals surface area (Å²) in [6.45, 7) is 1.47. The van der Waals surface area contributed by atoms with E-state index in [1.54, 1.807) is 24.3 Å². The number of nitrogens with zero attached hydrogens (tertiary/aromatic N) is 1. The molecule has 2 atom stereocenters. The predicted molar refractivity (Wildman–Crippen MR) is 85.8 cm³/mol. The van der Waals surface area contributed by atoms with Crippen LogP contribution in [0.2, 0.25) is 0 Å². The zero-order valence-corrected chi connectivity index (χ0v) is 13.1. The monoisotopic (exact) mass is 301 g/mol. The molecule has 2 amide bonds. The molecule has 0 aromatic heterocycles. The normalized spacial score (nSPS) is 26.5. The summed E-state index contributed by atoms with van der Waals surface area (Å²) in [4.78, 5) is 25.5.